The Labute approximate surface area is 338 Å². The highest BCUT2D eigenvalue weighted by Gasteiger charge is 2.29. The Morgan fingerprint density at radius 2 is 1.52 bits per heavy atom. The number of aliphatic carboxylic acids is 2. The molecule has 0 spiro atoms. The molecule has 0 unspecified atom stereocenters. The van der Waals surface area contributed by atoms with Crippen molar-refractivity contribution in [2.24, 2.45) is 11.7 Å². The molecule has 2 rings (SSSR count). The molecule has 0 radical (unpaired) electrons. The average molecular weight is 813 g/mol. The second-order valence-electron chi connectivity index (χ2n) is 14.3. The van der Waals surface area contributed by atoms with E-state index in [1.165, 1.54) is 6.92 Å². The minimum Gasteiger partial charge on any atom is -0.481 e. The van der Waals surface area contributed by atoms with Crippen molar-refractivity contribution in [2.45, 2.75) is 103 Å². The largest absolute Gasteiger partial charge is 0.481 e. The zero-order chi connectivity index (χ0) is 42.9. The summed E-state index contributed by atoms with van der Waals surface area (Å²) < 4.78 is 0. The Bertz CT molecular complexity index is 1690. The van der Waals surface area contributed by atoms with Gasteiger partial charge in [0.1, 0.15) is 11.8 Å². The highest BCUT2D eigenvalue weighted by Crippen LogP contribution is 2.18. The number of aromatic nitrogens is 1. The van der Waals surface area contributed by atoms with Crippen molar-refractivity contribution < 1.29 is 48.6 Å². The Morgan fingerprint density at radius 1 is 0.793 bits per heavy atom. The van der Waals surface area contributed by atoms with Crippen LogP contribution in [0.4, 0.5) is 0 Å². The van der Waals surface area contributed by atoms with Gasteiger partial charge < -0.3 is 47.8 Å². The van der Waals surface area contributed by atoms with Crippen LogP contribution >= 0.6 is 0 Å². The highest BCUT2D eigenvalue weighted by atomic mass is 16.4. The maximum absolute atomic E-state index is 13.9. The fourth-order valence-electron chi connectivity index (χ4n) is 6.02. The molecule has 0 bridgehead atoms. The van der Waals surface area contributed by atoms with E-state index in [-0.39, 0.29) is 94.6 Å². The molecule has 58 heavy (non-hydrogen) atoms. The van der Waals surface area contributed by atoms with Crippen LogP contribution in [0.2, 0.25) is 0 Å². The third kappa shape index (κ3) is 20.7. The van der Waals surface area contributed by atoms with Crippen molar-refractivity contribution >= 4 is 57.9 Å². The molecule has 4 atom stereocenters. The van der Waals surface area contributed by atoms with Gasteiger partial charge in [0.25, 0.3) is 0 Å². The molecule has 0 saturated heterocycles. The molecule has 0 aliphatic rings. The number of amides is 4. The molecule has 4 amide bonds. The predicted octanol–water partition coefficient (Wildman–Crippen LogP) is 0.350. The molecule has 320 valence electrons. The number of nitrogens with zero attached hydrogens (tertiary/aromatic N) is 1. The van der Waals surface area contributed by atoms with E-state index in [0.717, 1.165) is 30.0 Å². The molecule has 2 aromatic rings. The van der Waals surface area contributed by atoms with E-state index in [4.69, 9.17) is 10.8 Å². The number of nitrogens with two attached hydrogens (primary N) is 1. The van der Waals surface area contributed by atoms with Crippen LogP contribution in [-0.2, 0) is 44.8 Å². The lowest BCUT2D eigenvalue weighted by atomic mass is 9.90. The monoisotopic (exact) mass is 812 g/mol. The van der Waals surface area contributed by atoms with E-state index >= 15 is 0 Å². The lowest BCUT2D eigenvalue weighted by Gasteiger charge is -2.22. The fraction of sp³-hybridized carbons (Fsp3) is 0.575. The summed E-state index contributed by atoms with van der Waals surface area (Å²) >= 11 is 0. The van der Waals surface area contributed by atoms with Crippen LogP contribution in [0.25, 0.3) is 10.8 Å². The number of carboxylic acids is 2. The summed E-state index contributed by atoms with van der Waals surface area (Å²) in [6.45, 7) is 4.21. The van der Waals surface area contributed by atoms with Gasteiger partial charge in [-0.2, -0.15) is 0 Å². The molecule has 18 nitrogen and oxygen atoms in total. The second kappa shape index (κ2) is 27.3. The maximum atomic E-state index is 13.9. The Balaban J connectivity index is 2.19. The van der Waals surface area contributed by atoms with Crippen LogP contribution in [0, 0.1) is 5.92 Å². The number of benzene rings is 1. The standard InChI is InChI=1S/C40H60N8O10/c1-3-4-10-30(41)24-42-15-13-33(43-17-18-44-37(53)25-46-26(2)49)35(51)21-29(20-32(50)22-31-19-27-8-5-6-9-28(27)23-47-31)39(56)45-16-14-34(40(57)58)48-36(52)11-7-12-38(54)55/h5-6,8-9,19,23,29-30,33-34,42-43H,3-4,7,10-18,20-22,24-25,41H2,1-2H3,(H,44,53)(H,45,56)(H,46,49)(H,48,52)(H,54,55)(H,57,58)/t29-,30-,33-,34+/m0/s1. The van der Waals surface area contributed by atoms with Crippen LogP contribution in [0.5, 0.6) is 0 Å². The van der Waals surface area contributed by atoms with Crippen LogP contribution in [0.3, 0.4) is 0 Å². The summed E-state index contributed by atoms with van der Waals surface area (Å²) in [5, 5.41) is 36.7. The number of pyridine rings is 1. The van der Waals surface area contributed by atoms with Gasteiger partial charge in [0.15, 0.2) is 5.78 Å². The number of unbranched alkanes of at least 4 members (excludes halogenated alkanes) is 1. The third-order valence-electron chi connectivity index (χ3n) is 9.19. The predicted molar refractivity (Wildman–Crippen MR) is 215 cm³/mol. The number of hydrogen-bond donors (Lipinski definition) is 9. The molecule has 10 N–H and O–H groups in total. The number of ketones is 2. The average Bonchev–Trinajstić information content (AvgIpc) is 3.17. The van der Waals surface area contributed by atoms with Crippen molar-refractivity contribution in [1.29, 1.82) is 0 Å². The van der Waals surface area contributed by atoms with E-state index in [0.29, 0.717) is 25.2 Å². The molecule has 1 aromatic carbocycles. The molecule has 0 fully saturated rings. The van der Waals surface area contributed by atoms with Gasteiger partial charge in [0.05, 0.1) is 18.5 Å². The first kappa shape index (κ1) is 48.8. The lowest BCUT2D eigenvalue weighted by Crippen LogP contribution is -2.46. The van der Waals surface area contributed by atoms with Crippen molar-refractivity contribution in [3.63, 3.8) is 0 Å². The molecule has 0 saturated carbocycles. The normalized spacial score (nSPS) is 13.1. The maximum Gasteiger partial charge on any atom is 0.326 e. The summed E-state index contributed by atoms with van der Waals surface area (Å²) in [7, 11) is 0. The first-order valence-corrected chi connectivity index (χ1v) is 19.8. The molecule has 1 heterocycles. The van der Waals surface area contributed by atoms with Gasteiger partial charge in [0.2, 0.25) is 23.6 Å². The zero-order valence-electron chi connectivity index (χ0n) is 33.5. The summed E-state index contributed by atoms with van der Waals surface area (Å²) in [6.07, 6.45) is 3.39. The van der Waals surface area contributed by atoms with Gasteiger partial charge in [-0.15, -0.1) is 0 Å². The molecule has 1 aromatic heterocycles. The van der Waals surface area contributed by atoms with E-state index in [2.05, 4.69) is 43.8 Å². The van der Waals surface area contributed by atoms with Crippen molar-refractivity contribution in [1.82, 2.24) is 36.9 Å². The Morgan fingerprint density at radius 3 is 2.21 bits per heavy atom. The summed E-state index contributed by atoms with van der Waals surface area (Å²) in [5.41, 5.74) is 6.68. The van der Waals surface area contributed by atoms with Gasteiger partial charge in [-0.3, -0.25) is 38.5 Å². The number of fused-ring (bicyclic) bond motifs is 1. The Hall–Kier alpha value is -5.33. The lowest BCUT2D eigenvalue weighted by molar-refractivity contribution is -0.142. The summed E-state index contributed by atoms with van der Waals surface area (Å²) in [4.78, 5) is 104. The number of Topliss-reactive ketones (excluding diaryl/α,β-unsaturated/α-hetero) is 2. The zero-order valence-corrected chi connectivity index (χ0v) is 33.5. The number of carboxylic acid groups (broad SMARTS) is 2. The number of carbonyl (C=O) groups excluding carboxylic acids is 6. The van der Waals surface area contributed by atoms with Gasteiger partial charge in [-0.25, -0.2) is 4.79 Å². The highest BCUT2D eigenvalue weighted by molar-refractivity contribution is 5.94. The molecule has 0 aliphatic carbocycles. The molecular weight excluding hydrogens is 752 g/mol. The van der Waals surface area contributed by atoms with E-state index < -0.39 is 47.7 Å². The minimum absolute atomic E-state index is 0.0222. The quantitative estimate of drug-likeness (QED) is 0.0465. The summed E-state index contributed by atoms with van der Waals surface area (Å²) in [6, 6.07) is 7.06. The molecule has 18 heteroatoms. The van der Waals surface area contributed by atoms with Crippen molar-refractivity contribution in [3.05, 3.63) is 42.2 Å². The first-order chi connectivity index (χ1) is 27.7. The molecule has 0 aliphatic heterocycles. The van der Waals surface area contributed by atoms with Gasteiger partial charge in [-0.05, 0) is 43.7 Å². The van der Waals surface area contributed by atoms with Gasteiger partial charge in [0, 0.05) is 88.5 Å². The number of hydrogen-bond acceptors (Lipinski definition) is 12. The molecular formula is C40H60N8O10. The van der Waals surface area contributed by atoms with Crippen molar-refractivity contribution in [2.75, 3.05) is 39.3 Å². The fourth-order valence-corrected chi connectivity index (χ4v) is 6.02. The number of rotatable bonds is 31. The van der Waals surface area contributed by atoms with Crippen LogP contribution < -0.4 is 37.6 Å². The smallest absolute Gasteiger partial charge is 0.326 e. The summed E-state index contributed by atoms with van der Waals surface area (Å²) in [5.74, 6) is -6.37. The van der Waals surface area contributed by atoms with Gasteiger partial charge in [-0.1, -0.05) is 44.0 Å². The van der Waals surface area contributed by atoms with Crippen LogP contribution in [0.15, 0.2) is 36.5 Å². The van der Waals surface area contributed by atoms with E-state index in [1.54, 1.807) is 12.3 Å². The SMILES string of the molecule is CCCC[C@H](N)CNCC[C@H](NCCNC(=O)CNC(C)=O)C(=O)C[C@H](CC(=O)Cc1cc2ccccc2cn1)C(=O)NCC[C@@H](NC(=O)CCCC(=O)O)C(=O)O. The van der Waals surface area contributed by atoms with Gasteiger partial charge >= 0.3 is 11.9 Å². The van der Waals surface area contributed by atoms with Crippen LogP contribution in [-0.4, -0.2) is 120 Å². The minimum atomic E-state index is -1.38. The van der Waals surface area contributed by atoms with E-state index in [9.17, 15) is 43.5 Å². The van der Waals surface area contributed by atoms with Crippen LogP contribution in [0.1, 0.15) is 83.7 Å². The first-order valence-electron chi connectivity index (χ1n) is 19.8. The third-order valence-corrected chi connectivity index (χ3v) is 9.19. The topological polar surface area (TPSA) is 288 Å². The number of carbonyl (C=O) groups is 8. The number of nitrogens with one attached hydrogen (secondary N) is 6. The Kier molecular flexibility index (Phi) is 23.0. The second-order valence-corrected chi connectivity index (χ2v) is 14.3. The van der Waals surface area contributed by atoms with E-state index in [1.807, 2.05) is 24.3 Å². The van der Waals surface area contributed by atoms with Crippen molar-refractivity contribution in [3.8, 4) is 0 Å².